The maximum Gasteiger partial charge on any atom is 0.275 e. The lowest BCUT2D eigenvalue weighted by Crippen LogP contribution is -2.39. The summed E-state index contributed by atoms with van der Waals surface area (Å²) in [6, 6.07) is 5.73. The minimum absolute atomic E-state index is 0.105. The number of aromatic nitrogens is 4. The Bertz CT molecular complexity index is 1020. The van der Waals surface area contributed by atoms with Gasteiger partial charge in [0.1, 0.15) is 11.5 Å². The van der Waals surface area contributed by atoms with Gasteiger partial charge < -0.3 is 10.2 Å². The fourth-order valence-electron chi connectivity index (χ4n) is 3.57. The first-order valence-electron chi connectivity index (χ1n) is 9.73. The number of anilines is 1. The molecular weight excluding hydrogens is 387 g/mol. The van der Waals surface area contributed by atoms with Crippen LogP contribution in [0.2, 0.25) is 0 Å². The molecule has 4 rings (SSSR count). The van der Waals surface area contributed by atoms with E-state index in [4.69, 9.17) is 0 Å². The summed E-state index contributed by atoms with van der Waals surface area (Å²) in [4.78, 5) is 34.6. The summed E-state index contributed by atoms with van der Waals surface area (Å²) >= 11 is 0. The van der Waals surface area contributed by atoms with Crippen molar-refractivity contribution in [3.8, 4) is 0 Å². The molecule has 1 fully saturated rings. The van der Waals surface area contributed by atoms with Crippen LogP contribution in [0.4, 0.5) is 10.1 Å². The van der Waals surface area contributed by atoms with Crippen molar-refractivity contribution >= 4 is 17.5 Å². The SMILES string of the molecule is O=C(Nc1cc(F)cc(C(=O)N2CCC(Cn3cccn3)CC2)c1)c1cnccn1. The molecule has 9 heteroatoms. The van der Waals surface area contributed by atoms with Crippen molar-refractivity contribution in [1.82, 2.24) is 24.6 Å². The molecule has 2 aromatic heterocycles. The number of piperidine rings is 1. The zero-order chi connectivity index (χ0) is 20.9. The molecule has 0 radical (unpaired) electrons. The first kappa shape index (κ1) is 19.7. The Morgan fingerprint density at radius 3 is 2.67 bits per heavy atom. The van der Waals surface area contributed by atoms with Gasteiger partial charge in [-0.05, 0) is 43.0 Å². The van der Waals surface area contributed by atoms with Gasteiger partial charge in [-0.15, -0.1) is 0 Å². The number of carbonyl (C=O) groups is 2. The first-order chi connectivity index (χ1) is 14.6. The second-order valence-electron chi connectivity index (χ2n) is 7.24. The van der Waals surface area contributed by atoms with Crippen LogP contribution in [0.15, 0.2) is 55.2 Å². The number of hydrogen-bond acceptors (Lipinski definition) is 5. The van der Waals surface area contributed by atoms with Gasteiger partial charge in [0.05, 0.1) is 6.20 Å². The normalized spacial score (nSPS) is 14.5. The van der Waals surface area contributed by atoms with E-state index in [1.807, 2.05) is 16.9 Å². The number of likely N-dealkylation sites (tertiary alicyclic amines) is 1. The number of rotatable bonds is 5. The number of nitrogens with one attached hydrogen (secondary N) is 1. The van der Waals surface area contributed by atoms with E-state index < -0.39 is 11.7 Å². The molecule has 1 aromatic carbocycles. The highest BCUT2D eigenvalue weighted by Crippen LogP contribution is 2.22. The summed E-state index contributed by atoms with van der Waals surface area (Å²) in [5.74, 6) is -0.916. The molecule has 3 heterocycles. The van der Waals surface area contributed by atoms with E-state index >= 15 is 0 Å². The van der Waals surface area contributed by atoms with Crippen molar-refractivity contribution < 1.29 is 14.0 Å². The van der Waals surface area contributed by atoms with Crippen molar-refractivity contribution in [2.45, 2.75) is 19.4 Å². The molecule has 1 N–H and O–H groups in total. The topological polar surface area (TPSA) is 93.0 Å². The van der Waals surface area contributed by atoms with Gasteiger partial charge in [-0.25, -0.2) is 9.37 Å². The smallest absolute Gasteiger partial charge is 0.275 e. The van der Waals surface area contributed by atoms with E-state index in [2.05, 4.69) is 20.4 Å². The predicted molar refractivity (Wildman–Crippen MR) is 107 cm³/mol. The average Bonchev–Trinajstić information content (AvgIpc) is 3.27. The maximum atomic E-state index is 14.1. The molecule has 3 aromatic rings. The number of hydrogen-bond donors (Lipinski definition) is 1. The van der Waals surface area contributed by atoms with Crippen LogP contribution >= 0.6 is 0 Å². The number of halogens is 1. The van der Waals surface area contributed by atoms with E-state index in [-0.39, 0.29) is 22.9 Å². The van der Waals surface area contributed by atoms with Crippen molar-refractivity contribution in [3.63, 3.8) is 0 Å². The lowest BCUT2D eigenvalue weighted by molar-refractivity contribution is 0.0680. The number of carbonyl (C=O) groups excluding carboxylic acids is 2. The zero-order valence-corrected chi connectivity index (χ0v) is 16.2. The van der Waals surface area contributed by atoms with E-state index in [1.54, 1.807) is 11.1 Å². The third-order valence-electron chi connectivity index (χ3n) is 5.10. The van der Waals surface area contributed by atoms with Crippen LogP contribution in [0, 0.1) is 11.7 Å². The molecule has 0 bridgehead atoms. The Balaban J connectivity index is 1.40. The number of benzene rings is 1. The second kappa shape index (κ2) is 8.81. The Morgan fingerprint density at radius 2 is 1.97 bits per heavy atom. The Labute approximate surface area is 172 Å². The van der Waals surface area contributed by atoms with Gasteiger partial charge in [0.2, 0.25) is 0 Å². The Hall–Kier alpha value is -3.62. The molecule has 8 nitrogen and oxygen atoms in total. The maximum absolute atomic E-state index is 14.1. The molecule has 0 saturated carbocycles. The highest BCUT2D eigenvalue weighted by molar-refractivity contribution is 6.03. The molecule has 1 aliphatic rings. The molecule has 0 aliphatic carbocycles. The van der Waals surface area contributed by atoms with E-state index in [0.717, 1.165) is 19.4 Å². The van der Waals surface area contributed by atoms with Crippen LogP contribution in [0.1, 0.15) is 33.7 Å². The van der Waals surface area contributed by atoms with Gasteiger partial charge >= 0.3 is 0 Å². The third-order valence-corrected chi connectivity index (χ3v) is 5.10. The van der Waals surface area contributed by atoms with Crippen molar-refractivity contribution in [2.75, 3.05) is 18.4 Å². The number of nitrogens with zero attached hydrogens (tertiary/aromatic N) is 5. The molecule has 154 valence electrons. The lowest BCUT2D eigenvalue weighted by Gasteiger charge is -2.32. The van der Waals surface area contributed by atoms with Gasteiger partial charge in [-0.1, -0.05) is 0 Å². The van der Waals surface area contributed by atoms with Crippen molar-refractivity contribution in [3.05, 3.63) is 72.3 Å². The quantitative estimate of drug-likeness (QED) is 0.701. The van der Waals surface area contributed by atoms with Gasteiger partial charge in [0, 0.05) is 55.7 Å². The summed E-state index contributed by atoms with van der Waals surface area (Å²) in [7, 11) is 0. The second-order valence-corrected chi connectivity index (χ2v) is 7.24. The molecule has 1 aliphatic heterocycles. The van der Waals surface area contributed by atoms with Crippen LogP contribution < -0.4 is 5.32 Å². The third kappa shape index (κ3) is 4.68. The minimum atomic E-state index is -0.594. The largest absolute Gasteiger partial charge is 0.339 e. The molecule has 0 unspecified atom stereocenters. The summed E-state index contributed by atoms with van der Waals surface area (Å²) in [6.45, 7) is 2.03. The predicted octanol–water partition coefficient (Wildman–Crippen LogP) is 2.62. The van der Waals surface area contributed by atoms with Gasteiger partial charge in [0.15, 0.2) is 0 Å². The standard InChI is InChI=1S/C21H21FN6O2/c22-17-10-16(11-18(12-17)26-20(29)19-13-23-5-6-24-19)21(30)27-8-2-15(3-9-27)14-28-7-1-4-25-28/h1,4-7,10-13,15H,2-3,8-9,14H2,(H,26,29). The summed E-state index contributed by atoms with van der Waals surface area (Å²) in [6.07, 6.45) is 9.56. The summed E-state index contributed by atoms with van der Waals surface area (Å²) in [5, 5.41) is 6.80. The molecule has 0 atom stereocenters. The number of amides is 2. The minimum Gasteiger partial charge on any atom is -0.339 e. The van der Waals surface area contributed by atoms with Gasteiger partial charge in [-0.2, -0.15) is 5.10 Å². The Kier molecular flexibility index (Phi) is 5.78. The van der Waals surface area contributed by atoms with Crippen molar-refractivity contribution in [1.29, 1.82) is 0 Å². The molecular formula is C21H21FN6O2. The fourth-order valence-corrected chi connectivity index (χ4v) is 3.57. The van der Waals surface area contributed by atoms with Crippen LogP contribution in [0.3, 0.4) is 0 Å². The summed E-state index contributed by atoms with van der Waals surface area (Å²) in [5.41, 5.74) is 0.506. The summed E-state index contributed by atoms with van der Waals surface area (Å²) < 4.78 is 16.0. The average molecular weight is 408 g/mol. The highest BCUT2D eigenvalue weighted by atomic mass is 19.1. The van der Waals surface area contributed by atoms with Crippen LogP contribution in [0.25, 0.3) is 0 Å². The molecule has 1 saturated heterocycles. The molecule has 30 heavy (non-hydrogen) atoms. The Morgan fingerprint density at radius 1 is 1.13 bits per heavy atom. The fraction of sp³-hybridized carbons (Fsp3) is 0.286. The lowest BCUT2D eigenvalue weighted by atomic mass is 9.96. The molecule has 2 amide bonds. The van der Waals surface area contributed by atoms with E-state index in [9.17, 15) is 14.0 Å². The first-order valence-corrected chi connectivity index (χ1v) is 9.73. The van der Waals surface area contributed by atoms with Gasteiger partial charge in [-0.3, -0.25) is 19.3 Å². The van der Waals surface area contributed by atoms with E-state index in [1.165, 1.54) is 36.8 Å². The van der Waals surface area contributed by atoms with Gasteiger partial charge in [0.25, 0.3) is 11.8 Å². The zero-order valence-electron chi connectivity index (χ0n) is 16.2. The van der Waals surface area contributed by atoms with Crippen LogP contribution in [-0.4, -0.2) is 49.6 Å². The van der Waals surface area contributed by atoms with Crippen LogP contribution in [-0.2, 0) is 6.54 Å². The highest BCUT2D eigenvalue weighted by Gasteiger charge is 2.24. The van der Waals surface area contributed by atoms with E-state index in [0.29, 0.717) is 19.0 Å². The van der Waals surface area contributed by atoms with Crippen molar-refractivity contribution in [2.24, 2.45) is 5.92 Å². The monoisotopic (exact) mass is 408 g/mol. The molecule has 0 spiro atoms. The van der Waals surface area contributed by atoms with Crippen LogP contribution in [0.5, 0.6) is 0 Å².